The van der Waals surface area contributed by atoms with E-state index < -0.39 is 5.92 Å². The summed E-state index contributed by atoms with van der Waals surface area (Å²) in [4.78, 5) is 0. The number of alkyl halides is 2. The normalized spacial score (nSPS) is 12.3. The minimum Gasteiger partial charge on any atom is -0.275 e. The second-order valence-corrected chi connectivity index (χ2v) is 4.06. The second kappa shape index (κ2) is 3.02. The lowest BCUT2D eigenvalue weighted by Crippen LogP contribution is -2.07. The highest BCUT2D eigenvalue weighted by Gasteiger charge is 2.28. The molecule has 0 aliphatic heterocycles. The fourth-order valence-electron chi connectivity index (χ4n) is 1.32. The highest BCUT2D eigenvalue weighted by molar-refractivity contribution is 9.10. The van der Waals surface area contributed by atoms with Crippen LogP contribution in [0.15, 0.2) is 22.7 Å². The van der Waals surface area contributed by atoms with E-state index in [1.54, 1.807) is 18.2 Å². The van der Waals surface area contributed by atoms with E-state index in [1.165, 1.54) is 0 Å². The summed E-state index contributed by atoms with van der Waals surface area (Å²) >= 11 is 3.25. The van der Waals surface area contributed by atoms with Crippen molar-refractivity contribution < 1.29 is 8.78 Å². The molecule has 0 saturated heterocycles. The molecule has 1 aromatic heterocycles. The zero-order chi connectivity index (χ0) is 10.3. The summed E-state index contributed by atoms with van der Waals surface area (Å²) in [6, 6.07) is 5.03. The Morgan fingerprint density at radius 3 is 2.79 bits per heavy atom. The van der Waals surface area contributed by atoms with Gasteiger partial charge in [-0.15, -0.1) is 0 Å². The Labute approximate surface area is 87.4 Å². The summed E-state index contributed by atoms with van der Waals surface area (Å²) in [5.41, 5.74) is 0.399. The summed E-state index contributed by atoms with van der Waals surface area (Å²) in [6.45, 7) is 0.849. The summed E-state index contributed by atoms with van der Waals surface area (Å²) in [7, 11) is 0. The van der Waals surface area contributed by atoms with Crippen molar-refractivity contribution in [3.63, 3.8) is 0 Å². The van der Waals surface area contributed by atoms with Gasteiger partial charge in [0.1, 0.15) is 5.69 Å². The van der Waals surface area contributed by atoms with Gasteiger partial charge in [0, 0.05) is 16.8 Å². The van der Waals surface area contributed by atoms with Crippen molar-refractivity contribution in [2.75, 3.05) is 0 Å². The van der Waals surface area contributed by atoms with Gasteiger partial charge in [0.15, 0.2) is 0 Å². The third-order valence-corrected chi connectivity index (χ3v) is 2.45. The largest absolute Gasteiger partial charge is 0.287 e. The first-order valence-electron chi connectivity index (χ1n) is 4.00. The molecule has 14 heavy (non-hydrogen) atoms. The Balaban J connectivity index is 2.70. The van der Waals surface area contributed by atoms with Gasteiger partial charge >= 0.3 is 0 Å². The molecule has 0 aliphatic rings. The molecule has 1 heterocycles. The van der Waals surface area contributed by atoms with Crippen LogP contribution in [-0.2, 0) is 5.92 Å². The van der Waals surface area contributed by atoms with E-state index in [0.29, 0.717) is 10.9 Å². The van der Waals surface area contributed by atoms with Crippen molar-refractivity contribution in [1.82, 2.24) is 10.2 Å². The molecule has 0 aliphatic carbocycles. The van der Waals surface area contributed by atoms with E-state index >= 15 is 0 Å². The molecule has 0 bridgehead atoms. The molecule has 5 heteroatoms. The van der Waals surface area contributed by atoms with Crippen molar-refractivity contribution in [1.29, 1.82) is 0 Å². The van der Waals surface area contributed by atoms with Crippen molar-refractivity contribution in [2.24, 2.45) is 0 Å². The van der Waals surface area contributed by atoms with Gasteiger partial charge in [0.25, 0.3) is 5.92 Å². The number of fused-ring (bicyclic) bond motifs is 1. The molecule has 0 unspecified atom stereocenters. The number of aromatic nitrogens is 2. The Morgan fingerprint density at radius 1 is 1.43 bits per heavy atom. The Hall–Kier alpha value is -0.970. The highest BCUT2D eigenvalue weighted by Crippen LogP contribution is 2.31. The van der Waals surface area contributed by atoms with Gasteiger partial charge in [-0.1, -0.05) is 15.9 Å². The van der Waals surface area contributed by atoms with Crippen molar-refractivity contribution >= 4 is 26.8 Å². The number of rotatable bonds is 1. The number of hydrogen-bond acceptors (Lipinski definition) is 1. The topological polar surface area (TPSA) is 28.7 Å². The zero-order valence-electron chi connectivity index (χ0n) is 7.31. The third-order valence-electron chi connectivity index (χ3n) is 1.96. The molecule has 0 amide bonds. The minimum atomic E-state index is -2.89. The summed E-state index contributed by atoms with van der Waals surface area (Å²) in [5, 5.41) is 6.63. The van der Waals surface area contributed by atoms with Crippen LogP contribution in [0.5, 0.6) is 0 Å². The van der Waals surface area contributed by atoms with E-state index in [2.05, 4.69) is 26.1 Å². The maximum Gasteiger partial charge on any atom is 0.287 e. The second-order valence-electron chi connectivity index (χ2n) is 3.15. The maximum absolute atomic E-state index is 13.0. The molecule has 2 aromatic rings. The lowest BCUT2D eigenvalue weighted by atomic mass is 10.1. The molecule has 0 radical (unpaired) electrons. The highest BCUT2D eigenvalue weighted by atomic mass is 79.9. The molecular weight excluding hydrogens is 254 g/mol. The molecule has 2 rings (SSSR count). The average Bonchev–Trinajstić information content (AvgIpc) is 2.45. The van der Waals surface area contributed by atoms with Gasteiger partial charge in [0.2, 0.25) is 0 Å². The molecule has 0 atom stereocenters. The Morgan fingerprint density at radius 2 is 2.14 bits per heavy atom. The van der Waals surface area contributed by atoms with Crippen LogP contribution in [0.25, 0.3) is 10.9 Å². The van der Waals surface area contributed by atoms with Crippen LogP contribution in [0, 0.1) is 0 Å². The number of benzene rings is 1. The minimum absolute atomic E-state index is 0.139. The number of halogens is 3. The predicted molar refractivity (Wildman–Crippen MR) is 53.4 cm³/mol. The number of nitrogens with one attached hydrogen (secondary N) is 1. The lowest BCUT2D eigenvalue weighted by molar-refractivity contribution is 0.0142. The van der Waals surface area contributed by atoms with Crippen molar-refractivity contribution in [3.8, 4) is 0 Å². The number of hydrogen-bond donors (Lipinski definition) is 1. The van der Waals surface area contributed by atoms with E-state index in [-0.39, 0.29) is 5.69 Å². The first kappa shape index (κ1) is 9.58. The third kappa shape index (κ3) is 1.52. The van der Waals surface area contributed by atoms with Crippen LogP contribution in [0.1, 0.15) is 12.6 Å². The Kier molecular flexibility index (Phi) is 2.06. The van der Waals surface area contributed by atoms with E-state index in [9.17, 15) is 8.78 Å². The molecule has 74 valence electrons. The van der Waals surface area contributed by atoms with Crippen molar-refractivity contribution in [2.45, 2.75) is 12.8 Å². The van der Waals surface area contributed by atoms with Gasteiger partial charge in [0.05, 0.1) is 5.52 Å². The quantitative estimate of drug-likeness (QED) is 0.836. The molecule has 1 N–H and O–H groups in total. The maximum atomic E-state index is 13.0. The zero-order valence-corrected chi connectivity index (χ0v) is 8.90. The van der Waals surface area contributed by atoms with Gasteiger partial charge in [-0.2, -0.15) is 13.9 Å². The van der Waals surface area contributed by atoms with Crippen LogP contribution in [0.4, 0.5) is 8.78 Å². The smallest absolute Gasteiger partial charge is 0.275 e. The van der Waals surface area contributed by atoms with Crippen LogP contribution >= 0.6 is 15.9 Å². The van der Waals surface area contributed by atoms with Crippen molar-refractivity contribution in [3.05, 3.63) is 28.4 Å². The lowest BCUT2D eigenvalue weighted by Gasteiger charge is -2.07. The van der Waals surface area contributed by atoms with Crippen LogP contribution in [0.2, 0.25) is 0 Å². The predicted octanol–water partition coefficient (Wildman–Crippen LogP) is 3.44. The molecular formula is C9H7BrF2N2. The Bertz CT molecular complexity index is 473. The van der Waals surface area contributed by atoms with E-state index in [0.717, 1.165) is 11.4 Å². The summed E-state index contributed by atoms with van der Waals surface area (Å²) in [5.74, 6) is -2.89. The van der Waals surface area contributed by atoms with Gasteiger partial charge in [-0.25, -0.2) is 0 Å². The fourth-order valence-corrected chi connectivity index (χ4v) is 1.67. The van der Waals surface area contributed by atoms with E-state index in [1.807, 2.05) is 0 Å². The first-order chi connectivity index (χ1) is 6.48. The van der Waals surface area contributed by atoms with Crippen LogP contribution < -0.4 is 0 Å². The average molecular weight is 261 g/mol. The SMILES string of the molecule is CC(F)(F)c1[nH]nc2cc(Br)ccc12. The van der Waals surface area contributed by atoms with Crippen LogP contribution in [-0.4, -0.2) is 10.2 Å². The first-order valence-corrected chi connectivity index (χ1v) is 4.80. The van der Waals surface area contributed by atoms with E-state index in [4.69, 9.17) is 0 Å². The number of nitrogens with zero attached hydrogens (tertiary/aromatic N) is 1. The van der Waals surface area contributed by atoms with Gasteiger partial charge < -0.3 is 0 Å². The molecule has 0 spiro atoms. The fraction of sp³-hybridized carbons (Fsp3) is 0.222. The summed E-state index contributed by atoms with van der Waals surface area (Å²) < 4.78 is 26.9. The van der Waals surface area contributed by atoms with Crippen LogP contribution in [0.3, 0.4) is 0 Å². The van der Waals surface area contributed by atoms with Gasteiger partial charge in [-0.05, 0) is 18.2 Å². The van der Waals surface area contributed by atoms with Gasteiger partial charge in [-0.3, -0.25) is 5.10 Å². The monoisotopic (exact) mass is 260 g/mol. The molecule has 0 fully saturated rings. The molecule has 2 nitrogen and oxygen atoms in total. The standard InChI is InChI=1S/C9H7BrF2N2/c1-9(11,12)8-6-3-2-5(10)4-7(6)13-14-8/h2-4H,1H3,(H,13,14). The number of H-pyrrole nitrogens is 1. The summed E-state index contributed by atoms with van der Waals surface area (Å²) in [6.07, 6.45) is 0. The number of aromatic amines is 1. The molecule has 1 aromatic carbocycles. The molecule has 0 saturated carbocycles.